The number of hydrogen-bond acceptors (Lipinski definition) is 5. The molecule has 0 saturated carbocycles. The van der Waals surface area contributed by atoms with Crippen molar-refractivity contribution in [3.63, 3.8) is 0 Å². The smallest absolute Gasteiger partial charge is 0.246 e. The highest BCUT2D eigenvalue weighted by Crippen LogP contribution is 2.41. The average molecular weight is 470 g/mol. The van der Waals surface area contributed by atoms with E-state index in [9.17, 15) is 18.0 Å². The zero-order valence-electron chi connectivity index (χ0n) is 18.7. The summed E-state index contributed by atoms with van der Waals surface area (Å²) in [4.78, 5) is 29.6. The Hall–Kier alpha value is -1.90. The van der Waals surface area contributed by atoms with Crippen LogP contribution >= 0.6 is 12.4 Å². The molecule has 0 aromatic heterocycles. The van der Waals surface area contributed by atoms with Crippen molar-refractivity contribution in [2.75, 3.05) is 26.9 Å². The van der Waals surface area contributed by atoms with E-state index in [1.54, 1.807) is 11.0 Å². The molecule has 0 aliphatic carbocycles. The summed E-state index contributed by atoms with van der Waals surface area (Å²) in [6, 6.07) is 7.12. The number of halogens is 1. The maximum Gasteiger partial charge on any atom is 0.246 e. The van der Waals surface area contributed by atoms with Gasteiger partial charge < -0.3 is 9.80 Å². The van der Waals surface area contributed by atoms with Gasteiger partial charge in [-0.1, -0.05) is 38.1 Å². The Morgan fingerprint density at radius 3 is 2.35 bits per heavy atom. The van der Waals surface area contributed by atoms with Crippen LogP contribution in [0, 0.1) is 11.8 Å². The standard InChI is InChI=1S/C22H31N3O4S.ClH/c1-15(2)20-21-18(25(22(20)27)30(5,28)29)12-13-24(21)19(26)11-10-16-6-8-17(9-7-16)14-23(3)4;/h6-11,15,18,20-21H,12-14H2,1-5H3;1H/b11-10+;/t18-,20+,21-;/m0./s1. The summed E-state index contributed by atoms with van der Waals surface area (Å²) in [6.07, 6.45) is 4.83. The molecule has 31 heavy (non-hydrogen) atoms. The Labute approximate surface area is 191 Å². The van der Waals surface area contributed by atoms with Gasteiger partial charge in [0, 0.05) is 19.2 Å². The van der Waals surface area contributed by atoms with Crippen LogP contribution in [0.1, 0.15) is 31.4 Å². The first kappa shape index (κ1) is 25.4. The molecule has 2 aliphatic rings. The molecule has 3 rings (SSSR count). The van der Waals surface area contributed by atoms with Gasteiger partial charge in [-0.25, -0.2) is 12.7 Å². The highest BCUT2D eigenvalue weighted by Gasteiger charge is 2.58. The van der Waals surface area contributed by atoms with Crippen LogP contribution in [0.5, 0.6) is 0 Å². The van der Waals surface area contributed by atoms with Crippen molar-refractivity contribution in [3.05, 3.63) is 41.5 Å². The lowest BCUT2D eigenvalue weighted by Crippen LogP contribution is -2.43. The van der Waals surface area contributed by atoms with E-state index in [2.05, 4.69) is 4.90 Å². The first-order valence-corrected chi connectivity index (χ1v) is 12.1. The summed E-state index contributed by atoms with van der Waals surface area (Å²) < 4.78 is 25.5. The number of likely N-dealkylation sites (tertiary alicyclic amines) is 1. The number of hydrogen-bond donors (Lipinski definition) is 0. The van der Waals surface area contributed by atoms with Crippen LogP contribution in [-0.4, -0.2) is 73.3 Å². The number of nitrogens with zero attached hydrogens (tertiary/aromatic N) is 3. The Balaban J connectivity index is 0.00000341. The maximum atomic E-state index is 13.0. The zero-order chi connectivity index (χ0) is 22.2. The second-order valence-corrected chi connectivity index (χ2v) is 10.7. The predicted octanol–water partition coefficient (Wildman–Crippen LogP) is 2.23. The summed E-state index contributed by atoms with van der Waals surface area (Å²) in [6.45, 7) is 5.10. The molecule has 2 aliphatic heterocycles. The van der Waals surface area contributed by atoms with E-state index < -0.39 is 28.0 Å². The average Bonchev–Trinajstić information content (AvgIpc) is 3.15. The largest absolute Gasteiger partial charge is 0.333 e. The van der Waals surface area contributed by atoms with Crippen LogP contribution < -0.4 is 0 Å². The first-order valence-electron chi connectivity index (χ1n) is 10.3. The molecule has 2 heterocycles. The van der Waals surface area contributed by atoms with Crippen molar-refractivity contribution in [2.45, 2.75) is 38.9 Å². The molecule has 9 heteroatoms. The summed E-state index contributed by atoms with van der Waals surface area (Å²) in [5, 5.41) is 0. The van der Waals surface area contributed by atoms with Gasteiger partial charge in [0.05, 0.1) is 24.3 Å². The summed E-state index contributed by atoms with van der Waals surface area (Å²) in [7, 11) is 0.360. The monoisotopic (exact) mass is 469 g/mol. The molecule has 172 valence electrons. The highest BCUT2D eigenvalue weighted by atomic mass is 35.5. The van der Waals surface area contributed by atoms with Crippen LogP contribution in [0.2, 0.25) is 0 Å². The SMILES string of the molecule is CC(C)[C@H]1C(=O)N(S(C)(=O)=O)[C@H]2CCN(C(=O)/C=C/c3ccc(CN(C)C)cc3)[C@H]12.Cl. The molecular formula is C22H32ClN3O4S. The fraction of sp³-hybridized carbons (Fsp3) is 0.545. The second-order valence-electron chi connectivity index (χ2n) is 8.86. The third-order valence-corrected chi connectivity index (χ3v) is 7.01. The minimum atomic E-state index is -3.67. The van der Waals surface area contributed by atoms with Crippen molar-refractivity contribution < 1.29 is 18.0 Å². The lowest BCUT2D eigenvalue weighted by molar-refractivity contribution is -0.131. The number of sulfonamides is 1. The third-order valence-electron chi connectivity index (χ3n) is 5.85. The molecule has 2 amide bonds. The molecule has 0 unspecified atom stereocenters. The van der Waals surface area contributed by atoms with Crippen LogP contribution in [0.4, 0.5) is 0 Å². The quantitative estimate of drug-likeness (QED) is 0.597. The van der Waals surface area contributed by atoms with Crippen molar-refractivity contribution in [3.8, 4) is 0 Å². The van der Waals surface area contributed by atoms with Gasteiger partial charge in [-0.05, 0) is 43.6 Å². The van der Waals surface area contributed by atoms with E-state index in [0.717, 1.165) is 22.7 Å². The van der Waals surface area contributed by atoms with Gasteiger partial charge in [0.15, 0.2) is 0 Å². The minimum Gasteiger partial charge on any atom is -0.333 e. The van der Waals surface area contributed by atoms with E-state index in [-0.39, 0.29) is 30.1 Å². The molecule has 3 atom stereocenters. The molecule has 1 aromatic rings. The van der Waals surface area contributed by atoms with Crippen molar-refractivity contribution in [2.24, 2.45) is 11.8 Å². The number of carbonyl (C=O) groups is 2. The van der Waals surface area contributed by atoms with E-state index in [4.69, 9.17) is 0 Å². The Bertz CT molecular complexity index is 944. The molecule has 2 saturated heterocycles. The molecule has 0 bridgehead atoms. The van der Waals surface area contributed by atoms with Gasteiger partial charge in [-0.2, -0.15) is 0 Å². The topological polar surface area (TPSA) is 78.0 Å². The number of fused-ring (bicyclic) bond motifs is 1. The van der Waals surface area contributed by atoms with Gasteiger partial charge in [-0.3, -0.25) is 9.59 Å². The molecule has 0 N–H and O–H groups in total. The van der Waals surface area contributed by atoms with Crippen LogP contribution in [0.25, 0.3) is 6.08 Å². The Morgan fingerprint density at radius 2 is 1.84 bits per heavy atom. The lowest BCUT2D eigenvalue weighted by atomic mass is 9.88. The maximum absolute atomic E-state index is 13.0. The second kappa shape index (κ2) is 9.71. The molecular weight excluding hydrogens is 438 g/mol. The first-order chi connectivity index (χ1) is 14.0. The normalized spacial score (nSPS) is 23.7. The molecule has 1 aromatic carbocycles. The number of carbonyl (C=O) groups excluding carboxylic acids is 2. The lowest BCUT2D eigenvalue weighted by Gasteiger charge is -2.28. The molecule has 2 fully saturated rings. The van der Waals surface area contributed by atoms with Gasteiger partial charge >= 0.3 is 0 Å². The fourth-order valence-electron chi connectivity index (χ4n) is 4.65. The number of amides is 2. The van der Waals surface area contributed by atoms with Gasteiger partial charge in [0.1, 0.15) is 0 Å². The zero-order valence-corrected chi connectivity index (χ0v) is 20.3. The van der Waals surface area contributed by atoms with E-state index in [1.165, 1.54) is 11.6 Å². The third kappa shape index (κ3) is 5.30. The van der Waals surface area contributed by atoms with E-state index in [1.807, 2.05) is 52.2 Å². The van der Waals surface area contributed by atoms with E-state index >= 15 is 0 Å². The van der Waals surface area contributed by atoms with Crippen molar-refractivity contribution >= 4 is 40.3 Å². The van der Waals surface area contributed by atoms with Crippen LogP contribution in [0.3, 0.4) is 0 Å². The Morgan fingerprint density at radius 1 is 1.23 bits per heavy atom. The Kier molecular flexibility index (Phi) is 7.94. The van der Waals surface area contributed by atoms with Crippen LogP contribution in [-0.2, 0) is 26.2 Å². The molecule has 0 radical (unpaired) electrons. The summed E-state index contributed by atoms with van der Waals surface area (Å²) in [5.41, 5.74) is 2.11. The molecule has 7 nitrogen and oxygen atoms in total. The predicted molar refractivity (Wildman–Crippen MR) is 124 cm³/mol. The van der Waals surface area contributed by atoms with Crippen LogP contribution in [0.15, 0.2) is 30.3 Å². The van der Waals surface area contributed by atoms with Crippen molar-refractivity contribution in [1.82, 2.24) is 14.1 Å². The van der Waals surface area contributed by atoms with Gasteiger partial charge in [0.25, 0.3) is 0 Å². The van der Waals surface area contributed by atoms with Crippen molar-refractivity contribution in [1.29, 1.82) is 0 Å². The number of benzene rings is 1. The van der Waals surface area contributed by atoms with Gasteiger partial charge in [0.2, 0.25) is 21.8 Å². The fourth-order valence-corrected chi connectivity index (χ4v) is 5.82. The molecule has 0 spiro atoms. The summed E-state index contributed by atoms with van der Waals surface area (Å²) >= 11 is 0. The minimum absolute atomic E-state index is 0. The number of rotatable bonds is 6. The highest BCUT2D eigenvalue weighted by molar-refractivity contribution is 7.88. The van der Waals surface area contributed by atoms with Gasteiger partial charge in [-0.15, -0.1) is 12.4 Å². The summed E-state index contributed by atoms with van der Waals surface area (Å²) in [5.74, 6) is -1.14. The van der Waals surface area contributed by atoms with E-state index in [0.29, 0.717) is 13.0 Å².